The number of hydrogen-bond donors (Lipinski definition) is 1. The maximum Gasteiger partial charge on any atom is 0.414 e. The second kappa shape index (κ2) is 28.1. The molecule has 0 N–H and O–H groups in total. The van der Waals surface area contributed by atoms with Gasteiger partial charge in [0.25, 0.3) is 0 Å². The lowest BCUT2D eigenvalue weighted by atomic mass is 9.95. The predicted molar refractivity (Wildman–Crippen MR) is 192 cm³/mol. The van der Waals surface area contributed by atoms with Crippen molar-refractivity contribution in [1.29, 1.82) is 0 Å². The maximum absolute atomic E-state index is 13.1. The van der Waals surface area contributed by atoms with Gasteiger partial charge >= 0.3 is 6.09 Å². The Bertz CT molecular complexity index is 808. The predicted octanol–water partition coefficient (Wildman–Crippen LogP) is 9.00. The number of thioether (sulfide) groups is 1. The number of ether oxygens (including phenoxy) is 1. The quantitative estimate of drug-likeness (QED) is 0.0957. The van der Waals surface area contributed by atoms with E-state index in [2.05, 4.69) is 49.5 Å². The SMILES string of the molecule is CCC.CSCCCCCCN(CCCCCCS)C(=O)CCCC(C)c1ccc(OC(=O)N(C)CCCN(C)C)cc1. The van der Waals surface area contributed by atoms with E-state index in [1.54, 1.807) is 11.9 Å². The number of carbonyl (C=O) groups excluding carboxylic acids is 2. The Kier molecular flexibility index (Phi) is 27.2. The van der Waals surface area contributed by atoms with Crippen molar-refractivity contribution in [3.63, 3.8) is 0 Å². The molecule has 1 aromatic carbocycles. The summed E-state index contributed by atoms with van der Waals surface area (Å²) in [5.74, 6) is 3.39. The number of unbranched alkanes of at least 4 members (excludes halogenated alkanes) is 6. The summed E-state index contributed by atoms with van der Waals surface area (Å²) in [6.07, 6.45) is 15.9. The molecule has 0 aliphatic heterocycles. The summed E-state index contributed by atoms with van der Waals surface area (Å²) < 4.78 is 5.54. The smallest absolute Gasteiger partial charge is 0.410 e. The average Bonchev–Trinajstić information content (AvgIpc) is 2.98. The van der Waals surface area contributed by atoms with E-state index >= 15 is 0 Å². The van der Waals surface area contributed by atoms with Gasteiger partial charge in [0.15, 0.2) is 0 Å². The first-order valence-electron chi connectivity index (χ1n) is 16.7. The Balaban J connectivity index is 0.00000562. The van der Waals surface area contributed by atoms with Gasteiger partial charge in [0, 0.05) is 33.1 Å². The molecular formula is C35H65N3O3S2. The highest BCUT2D eigenvalue weighted by molar-refractivity contribution is 7.98. The van der Waals surface area contributed by atoms with Crippen LogP contribution in [0, 0.1) is 0 Å². The zero-order chi connectivity index (χ0) is 32.3. The number of carbonyl (C=O) groups is 2. The molecule has 0 heterocycles. The third-order valence-electron chi connectivity index (χ3n) is 7.31. The second-order valence-corrected chi connectivity index (χ2v) is 13.4. The summed E-state index contributed by atoms with van der Waals surface area (Å²) in [5, 5.41) is 0. The van der Waals surface area contributed by atoms with Crippen LogP contribution < -0.4 is 4.74 Å². The first-order chi connectivity index (χ1) is 20.7. The third-order valence-corrected chi connectivity index (χ3v) is 8.32. The first kappa shape index (κ1) is 41.6. The Labute approximate surface area is 275 Å². The van der Waals surface area contributed by atoms with E-state index in [1.807, 2.05) is 50.1 Å². The molecule has 0 bridgehead atoms. The molecule has 0 saturated carbocycles. The Morgan fingerprint density at radius 2 is 1.40 bits per heavy atom. The molecule has 43 heavy (non-hydrogen) atoms. The Hall–Kier alpha value is -1.38. The topological polar surface area (TPSA) is 53.1 Å². The standard InChI is InChI=1S/C32H57N3O3S2.C3H8/c1-28(29-18-20-30(21-19-29)38-32(37)34(4)23-15-22-33(2)3)16-14-17-31(36)35(24-10-6-8-12-26-39)25-11-7-9-13-27-40-5;1-3-2/h18-21,28,39H,6-17,22-27H2,1-5H3;3H2,1-2H3. The van der Waals surface area contributed by atoms with Crippen LogP contribution in [-0.2, 0) is 4.79 Å². The van der Waals surface area contributed by atoms with Crippen molar-refractivity contribution in [2.75, 3.05) is 65.1 Å². The van der Waals surface area contributed by atoms with Crippen LogP contribution in [0.15, 0.2) is 24.3 Å². The summed E-state index contributed by atoms with van der Waals surface area (Å²) in [7, 11) is 5.82. The average molecular weight is 640 g/mol. The molecular weight excluding hydrogens is 575 g/mol. The van der Waals surface area contributed by atoms with Gasteiger partial charge in [-0.25, -0.2) is 4.79 Å². The van der Waals surface area contributed by atoms with E-state index in [4.69, 9.17) is 4.74 Å². The van der Waals surface area contributed by atoms with Gasteiger partial charge < -0.3 is 19.4 Å². The van der Waals surface area contributed by atoms with Crippen LogP contribution in [0.2, 0.25) is 0 Å². The monoisotopic (exact) mass is 639 g/mol. The van der Waals surface area contributed by atoms with Crippen LogP contribution in [0.4, 0.5) is 4.79 Å². The van der Waals surface area contributed by atoms with Crippen LogP contribution in [-0.4, -0.2) is 91.8 Å². The van der Waals surface area contributed by atoms with Crippen molar-refractivity contribution >= 4 is 36.4 Å². The summed E-state index contributed by atoms with van der Waals surface area (Å²) in [6, 6.07) is 7.82. The number of hydrogen-bond acceptors (Lipinski definition) is 6. The van der Waals surface area contributed by atoms with Crippen molar-refractivity contribution < 1.29 is 14.3 Å². The molecule has 1 atom stereocenters. The fourth-order valence-corrected chi connectivity index (χ4v) is 5.39. The number of rotatable bonds is 23. The van der Waals surface area contributed by atoms with Crippen molar-refractivity contribution in [3.05, 3.63) is 29.8 Å². The van der Waals surface area contributed by atoms with E-state index in [9.17, 15) is 9.59 Å². The minimum atomic E-state index is -0.329. The van der Waals surface area contributed by atoms with Crippen LogP contribution >= 0.6 is 24.4 Å². The number of amides is 2. The lowest BCUT2D eigenvalue weighted by molar-refractivity contribution is -0.131. The molecule has 0 aromatic heterocycles. The van der Waals surface area contributed by atoms with E-state index in [0.717, 1.165) is 63.9 Å². The molecule has 0 aliphatic rings. The van der Waals surface area contributed by atoms with Crippen molar-refractivity contribution in [2.45, 2.75) is 110 Å². The summed E-state index contributed by atoms with van der Waals surface area (Å²) in [5.41, 5.74) is 1.21. The molecule has 2 amide bonds. The van der Waals surface area contributed by atoms with Crippen molar-refractivity contribution in [1.82, 2.24) is 14.7 Å². The molecule has 1 rings (SSSR count). The van der Waals surface area contributed by atoms with Crippen LogP contribution in [0.5, 0.6) is 5.75 Å². The number of thiol groups is 1. The summed E-state index contributed by atoms with van der Waals surface area (Å²) in [6.45, 7) is 9.83. The second-order valence-electron chi connectivity index (χ2n) is 11.9. The van der Waals surface area contributed by atoms with Gasteiger partial charge in [0.2, 0.25) is 5.91 Å². The molecule has 6 nitrogen and oxygen atoms in total. The van der Waals surface area contributed by atoms with Gasteiger partial charge in [-0.05, 0) is 107 Å². The van der Waals surface area contributed by atoms with Gasteiger partial charge in [-0.15, -0.1) is 0 Å². The fourth-order valence-electron chi connectivity index (χ4n) is 4.67. The highest BCUT2D eigenvalue weighted by atomic mass is 32.2. The third kappa shape index (κ3) is 22.7. The molecule has 0 radical (unpaired) electrons. The Morgan fingerprint density at radius 1 is 0.814 bits per heavy atom. The fraction of sp³-hybridized carbons (Fsp3) is 0.771. The number of benzene rings is 1. The molecule has 0 fully saturated rings. The van der Waals surface area contributed by atoms with Crippen molar-refractivity contribution in [2.24, 2.45) is 0 Å². The highest BCUT2D eigenvalue weighted by Gasteiger charge is 2.15. The molecule has 1 unspecified atom stereocenters. The lowest BCUT2D eigenvalue weighted by Crippen LogP contribution is -2.32. The zero-order valence-electron chi connectivity index (χ0n) is 28.7. The van der Waals surface area contributed by atoms with Gasteiger partial charge in [-0.2, -0.15) is 24.4 Å². The Morgan fingerprint density at radius 3 is 1.95 bits per heavy atom. The normalized spacial score (nSPS) is 11.6. The van der Waals surface area contributed by atoms with E-state index < -0.39 is 0 Å². The van der Waals surface area contributed by atoms with Gasteiger partial charge in [-0.1, -0.05) is 65.0 Å². The molecule has 250 valence electrons. The molecule has 0 spiro atoms. The minimum absolute atomic E-state index is 0.308. The number of nitrogens with zero attached hydrogens (tertiary/aromatic N) is 3. The summed E-state index contributed by atoms with van der Waals surface area (Å²) >= 11 is 6.22. The van der Waals surface area contributed by atoms with Crippen LogP contribution in [0.1, 0.15) is 116 Å². The van der Waals surface area contributed by atoms with Gasteiger partial charge in [-0.3, -0.25) is 4.79 Å². The zero-order valence-corrected chi connectivity index (χ0v) is 30.5. The largest absolute Gasteiger partial charge is 0.414 e. The minimum Gasteiger partial charge on any atom is -0.410 e. The van der Waals surface area contributed by atoms with E-state index in [0.29, 0.717) is 30.5 Å². The van der Waals surface area contributed by atoms with Gasteiger partial charge in [0.1, 0.15) is 5.75 Å². The van der Waals surface area contributed by atoms with Crippen LogP contribution in [0.25, 0.3) is 0 Å². The molecule has 8 heteroatoms. The first-order valence-corrected chi connectivity index (χ1v) is 18.8. The van der Waals surface area contributed by atoms with E-state index in [-0.39, 0.29) is 6.09 Å². The highest BCUT2D eigenvalue weighted by Crippen LogP contribution is 2.24. The van der Waals surface area contributed by atoms with Crippen LogP contribution in [0.3, 0.4) is 0 Å². The van der Waals surface area contributed by atoms with Gasteiger partial charge in [0.05, 0.1) is 0 Å². The molecule has 1 aromatic rings. The molecule has 0 aliphatic carbocycles. The molecule has 0 saturated heterocycles. The maximum atomic E-state index is 13.1. The van der Waals surface area contributed by atoms with E-state index in [1.165, 1.54) is 49.8 Å². The summed E-state index contributed by atoms with van der Waals surface area (Å²) in [4.78, 5) is 31.3. The van der Waals surface area contributed by atoms with Crippen molar-refractivity contribution in [3.8, 4) is 5.75 Å². The lowest BCUT2D eigenvalue weighted by Gasteiger charge is -2.23.